The molecular formula is C17H26N2O2. The first kappa shape index (κ1) is 16.0. The molecular weight excluding hydrogens is 264 g/mol. The summed E-state index contributed by atoms with van der Waals surface area (Å²) in [6.07, 6.45) is 5.37. The molecule has 0 aliphatic rings. The third kappa shape index (κ3) is 4.56. The van der Waals surface area contributed by atoms with Gasteiger partial charge in [-0.15, -0.1) is 0 Å². The molecule has 0 aliphatic heterocycles. The standard InChI is InChI=1S/C17H26N2O2/c1-20-12-13-21-11-5-10-19-14-15(6-4-9-18)16-7-2-3-8-17(16)19/h2-3,7-8,14H,4-6,9-13,18H2,1H3. The van der Waals surface area contributed by atoms with E-state index in [4.69, 9.17) is 15.2 Å². The Morgan fingerprint density at radius 2 is 1.95 bits per heavy atom. The summed E-state index contributed by atoms with van der Waals surface area (Å²) in [5.74, 6) is 0. The molecule has 0 saturated carbocycles. The molecule has 1 aromatic carbocycles. The largest absolute Gasteiger partial charge is 0.382 e. The van der Waals surface area contributed by atoms with Gasteiger partial charge in [0.1, 0.15) is 0 Å². The summed E-state index contributed by atoms with van der Waals surface area (Å²) in [6, 6.07) is 8.59. The molecule has 0 amide bonds. The van der Waals surface area contributed by atoms with Gasteiger partial charge in [0.15, 0.2) is 0 Å². The minimum Gasteiger partial charge on any atom is -0.382 e. The molecule has 0 bridgehead atoms. The summed E-state index contributed by atoms with van der Waals surface area (Å²) in [5.41, 5.74) is 8.34. The Morgan fingerprint density at radius 3 is 2.76 bits per heavy atom. The lowest BCUT2D eigenvalue weighted by molar-refractivity contribution is 0.0681. The number of ether oxygens (including phenoxy) is 2. The maximum Gasteiger partial charge on any atom is 0.0700 e. The van der Waals surface area contributed by atoms with Crippen LogP contribution in [0.4, 0.5) is 0 Å². The molecule has 116 valence electrons. The van der Waals surface area contributed by atoms with Crippen molar-refractivity contribution in [1.29, 1.82) is 0 Å². The lowest BCUT2D eigenvalue weighted by atomic mass is 10.1. The molecule has 0 unspecified atom stereocenters. The Morgan fingerprint density at radius 1 is 1.10 bits per heavy atom. The van der Waals surface area contributed by atoms with E-state index in [-0.39, 0.29) is 0 Å². The molecule has 0 spiro atoms. The van der Waals surface area contributed by atoms with Crippen LogP contribution in [0.25, 0.3) is 10.9 Å². The van der Waals surface area contributed by atoms with Crippen LogP contribution in [0.3, 0.4) is 0 Å². The van der Waals surface area contributed by atoms with Gasteiger partial charge in [0.05, 0.1) is 13.2 Å². The first-order valence-corrected chi connectivity index (χ1v) is 7.70. The van der Waals surface area contributed by atoms with E-state index in [2.05, 4.69) is 35.0 Å². The highest BCUT2D eigenvalue weighted by Crippen LogP contribution is 2.22. The summed E-state index contributed by atoms with van der Waals surface area (Å²) in [5, 5.41) is 1.35. The van der Waals surface area contributed by atoms with Gasteiger partial charge in [0, 0.05) is 37.4 Å². The second-order valence-corrected chi connectivity index (χ2v) is 5.22. The van der Waals surface area contributed by atoms with Crippen molar-refractivity contribution in [2.24, 2.45) is 5.73 Å². The average molecular weight is 290 g/mol. The number of rotatable bonds is 10. The second-order valence-electron chi connectivity index (χ2n) is 5.22. The number of benzene rings is 1. The van der Waals surface area contributed by atoms with Gasteiger partial charge in [-0.25, -0.2) is 0 Å². The zero-order valence-corrected chi connectivity index (χ0v) is 12.9. The minimum atomic E-state index is 0.662. The molecule has 2 aromatic rings. The van der Waals surface area contributed by atoms with Crippen molar-refractivity contribution >= 4 is 10.9 Å². The van der Waals surface area contributed by atoms with Crippen LogP contribution in [-0.4, -0.2) is 38.0 Å². The van der Waals surface area contributed by atoms with Gasteiger partial charge in [-0.2, -0.15) is 0 Å². The first-order chi connectivity index (χ1) is 10.4. The predicted molar refractivity (Wildman–Crippen MR) is 86.6 cm³/mol. The van der Waals surface area contributed by atoms with E-state index in [1.54, 1.807) is 7.11 Å². The highest BCUT2D eigenvalue weighted by molar-refractivity contribution is 5.83. The molecule has 2 N–H and O–H groups in total. The fourth-order valence-corrected chi connectivity index (χ4v) is 2.58. The first-order valence-electron chi connectivity index (χ1n) is 7.70. The van der Waals surface area contributed by atoms with E-state index in [9.17, 15) is 0 Å². The van der Waals surface area contributed by atoms with Crippen LogP contribution in [0.15, 0.2) is 30.5 Å². The van der Waals surface area contributed by atoms with Crippen molar-refractivity contribution in [1.82, 2.24) is 4.57 Å². The van der Waals surface area contributed by atoms with Gasteiger partial charge >= 0.3 is 0 Å². The third-order valence-electron chi connectivity index (χ3n) is 3.64. The fourth-order valence-electron chi connectivity index (χ4n) is 2.58. The Hall–Kier alpha value is -1.36. The summed E-state index contributed by atoms with van der Waals surface area (Å²) in [4.78, 5) is 0. The SMILES string of the molecule is COCCOCCCn1cc(CCCN)c2ccccc21. The summed E-state index contributed by atoms with van der Waals surface area (Å²) in [6.45, 7) is 3.83. The molecule has 0 saturated heterocycles. The van der Waals surface area contributed by atoms with Crippen LogP contribution < -0.4 is 5.73 Å². The van der Waals surface area contributed by atoms with Gasteiger partial charge in [-0.05, 0) is 37.4 Å². The number of methoxy groups -OCH3 is 1. The van der Waals surface area contributed by atoms with Gasteiger partial charge in [0.25, 0.3) is 0 Å². The van der Waals surface area contributed by atoms with E-state index in [1.807, 2.05) is 0 Å². The average Bonchev–Trinajstić information content (AvgIpc) is 2.87. The number of fused-ring (bicyclic) bond motifs is 1. The molecule has 0 radical (unpaired) electrons. The minimum absolute atomic E-state index is 0.662. The maximum absolute atomic E-state index is 5.63. The lowest BCUT2D eigenvalue weighted by Crippen LogP contribution is -2.06. The van der Waals surface area contributed by atoms with Crippen molar-refractivity contribution in [3.05, 3.63) is 36.0 Å². The van der Waals surface area contributed by atoms with Gasteiger partial charge in [0.2, 0.25) is 0 Å². The molecule has 21 heavy (non-hydrogen) atoms. The zero-order chi connectivity index (χ0) is 14.9. The Kier molecular flexibility index (Phi) is 6.73. The Labute approximate surface area is 126 Å². The monoisotopic (exact) mass is 290 g/mol. The van der Waals surface area contributed by atoms with Crippen LogP contribution in [0.2, 0.25) is 0 Å². The Bertz CT molecular complexity index is 537. The summed E-state index contributed by atoms with van der Waals surface area (Å²) >= 11 is 0. The van der Waals surface area contributed by atoms with Crippen LogP contribution in [0.1, 0.15) is 18.4 Å². The number of hydrogen-bond acceptors (Lipinski definition) is 3. The quantitative estimate of drug-likeness (QED) is 0.684. The van der Waals surface area contributed by atoms with Crippen molar-refractivity contribution in [2.45, 2.75) is 25.8 Å². The van der Waals surface area contributed by atoms with Crippen molar-refractivity contribution < 1.29 is 9.47 Å². The van der Waals surface area contributed by atoms with Crippen molar-refractivity contribution in [2.75, 3.05) is 33.5 Å². The van der Waals surface area contributed by atoms with E-state index >= 15 is 0 Å². The number of aryl methyl sites for hydroxylation is 2. The number of nitrogens with zero attached hydrogens (tertiary/aromatic N) is 1. The molecule has 1 aromatic heterocycles. The topological polar surface area (TPSA) is 49.4 Å². The second kappa shape index (κ2) is 8.82. The number of aromatic nitrogens is 1. The van der Waals surface area contributed by atoms with Gasteiger partial charge in [-0.3, -0.25) is 0 Å². The number of para-hydroxylation sites is 1. The van der Waals surface area contributed by atoms with E-state index in [1.165, 1.54) is 16.5 Å². The molecule has 0 atom stereocenters. The van der Waals surface area contributed by atoms with Crippen LogP contribution >= 0.6 is 0 Å². The fraction of sp³-hybridized carbons (Fsp3) is 0.529. The van der Waals surface area contributed by atoms with E-state index < -0.39 is 0 Å². The molecule has 0 fully saturated rings. The highest BCUT2D eigenvalue weighted by atomic mass is 16.5. The van der Waals surface area contributed by atoms with Crippen molar-refractivity contribution in [3.8, 4) is 0 Å². The normalized spacial score (nSPS) is 11.3. The van der Waals surface area contributed by atoms with E-state index in [0.29, 0.717) is 13.2 Å². The predicted octanol–water partition coefficient (Wildman–Crippen LogP) is 2.59. The van der Waals surface area contributed by atoms with Crippen LogP contribution in [0, 0.1) is 0 Å². The van der Waals surface area contributed by atoms with Crippen LogP contribution in [0.5, 0.6) is 0 Å². The molecule has 4 heteroatoms. The smallest absolute Gasteiger partial charge is 0.0700 e. The Balaban J connectivity index is 1.95. The molecule has 2 rings (SSSR count). The number of nitrogens with two attached hydrogens (primary N) is 1. The summed E-state index contributed by atoms with van der Waals surface area (Å²) in [7, 11) is 1.69. The number of hydrogen-bond donors (Lipinski definition) is 1. The maximum atomic E-state index is 5.63. The molecule has 4 nitrogen and oxygen atoms in total. The van der Waals surface area contributed by atoms with Crippen LogP contribution in [-0.2, 0) is 22.4 Å². The van der Waals surface area contributed by atoms with E-state index in [0.717, 1.165) is 39.0 Å². The van der Waals surface area contributed by atoms with Gasteiger partial charge < -0.3 is 19.8 Å². The highest BCUT2D eigenvalue weighted by Gasteiger charge is 2.07. The summed E-state index contributed by atoms with van der Waals surface area (Å²) < 4.78 is 12.8. The molecule has 1 heterocycles. The van der Waals surface area contributed by atoms with Gasteiger partial charge in [-0.1, -0.05) is 18.2 Å². The lowest BCUT2D eigenvalue weighted by Gasteiger charge is -2.06. The van der Waals surface area contributed by atoms with Crippen molar-refractivity contribution in [3.63, 3.8) is 0 Å². The zero-order valence-electron chi connectivity index (χ0n) is 12.9. The third-order valence-corrected chi connectivity index (χ3v) is 3.64. The molecule has 0 aliphatic carbocycles.